The molecule has 0 heterocycles. The molecule has 5 atom stereocenters. The third-order valence-corrected chi connectivity index (χ3v) is 14.3. The van der Waals surface area contributed by atoms with Gasteiger partial charge in [0.2, 0.25) is 0 Å². The van der Waals surface area contributed by atoms with Crippen molar-refractivity contribution in [2.24, 2.45) is 17.3 Å². The third kappa shape index (κ3) is 4.11. The molecule has 0 saturated heterocycles. The fourth-order valence-corrected chi connectivity index (χ4v) is 11.5. The van der Waals surface area contributed by atoms with Crippen LogP contribution in [0.25, 0.3) is 0 Å². The quantitative estimate of drug-likeness (QED) is 0.349. The SMILES string of the molecule is C[C@]1(O)CC[C@H]2[C@@H]3CCC4=CC(=O)CCC4=C3[C@@H](c3ccc(P(=O)(c4ccccc4)c4ccccc4)cc3)C[C@@]21C. The summed E-state index contributed by atoms with van der Waals surface area (Å²) in [7, 11) is -3.05. The maximum atomic E-state index is 15.0. The Morgan fingerprint density at radius 3 is 2.02 bits per heavy atom. The predicted octanol–water partition coefficient (Wildman–Crippen LogP) is 6.98. The zero-order valence-electron chi connectivity index (χ0n) is 24.1. The lowest BCUT2D eigenvalue weighted by Crippen LogP contribution is -2.50. The molecule has 41 heavy (non-hydrogen) atoms. The molecule has 3 aromatic rings. The normalized spacial score (nSPS) is 31.2. The van der Waals surface area contributed by atoms with E-state index in [0.717, 1.165) is 54.4 Å². The van der Waals surface area contributed by atoms with E-state index >= 15 is 0 Å². The lowest BCUT2D eigenvalue weighted by molar-refractivity contribution is -0.114. The van der Waals surface area contributed by atoms with E-state index in [1.807, 2.05) is 66.7 Å². The van der Waals surface area contributed by atoms with Crippen LogP contribution in [0.15, 0.2) is 108 Å². The minimum Gasteiger partial charge on any atom is -0.390 e. The van der Waals surface area contributed by atoms with Gasteiger partial charge in [0, 0.05) is 33.7 Å². The molecule has 0 bridgehead atoms. The Kier molecular flexibility index (Phi) is 6.41. The van der Waals surface area contributed by atoms with Crippen molar-refractivity contribution in [3.05, 3.63) is 113 Å². The van der Waals surface area contributed by atoms with Crippen molar-refractivity contribution < 1.29 is 14.5 Å². The average molecular weight is 563 g/mol. The van der Waals surface area contributed by atoms with Crippen molar-refractivity contribution in [2.45, 2.75) is 70.3 Å². The highest BCUT2D eigenvalue weighted by Crippen LogP contribution is 2.66. The first-order valence-electron chi connectivity index (χ1n) is 15.2. The van der Waals surface area contributed by atoms with E-state index in [-0.39, 0.29) is 17.1 Å². The summed E-state index contributed by atoms with van der Waals surface area (Å²) in [5.41, 5.74) is 4.57. The van der Waals surface area contributed by atoms with Crippen LogP contribution in [0.4, 0.5) is 0 Å². The molecule has 2 fully saturated rings. The Hall–Kier alpha value is -3.00. The van der Waals surface area contributed by atoms with Crippen molar-refractivity contribution in [3.63, 3.8) is 0 Å². The highest BCUT2D eigenvalue weighted by molar-refractivity contribution is 7.85. The Morgan fingerprint density at radius 1 is 0.780 bits per heavy atom. The largest absolute Gasteiger partial charge is 0.390 e. The molecule has 2 saturated carbocycles. The van der Waals surface area contributed by atoms with Crippen molar-refractivity contribution >= 4 is 28.8 Å². The zero-order chi connectivity index (χ0) is 28.4. The zero-order valence-corrected chi connectivity index (χ0v) is 24.9. The molecule has 0 radical (unpaired) electrons. The number of aliphatic hydroxyl groups is 1. The van der Waals surface area contributed by atoms with E-state index < -0.39 is 12.7 Å². The van der Waals surface area contributed by atoms with Crippen LogP contribution in [-0.2, 0) is 9.36 Å². The standard InChI is InChI=1S/C37H39O3P/c1-36-24-33(35-31-20-16-27(38)23-26(31)15-19-32(35)34(36)21-22-37(36,2)39)25-13-17-30(18-14-25)41(40,28-9-5-3-6-10-28)29-11-7-4-8-12-29/h3-14,17-18,23,32-34,39H,15-16,19-22,24H2,1-2H3/t32-,33+,34-,36-,37-/m0/s1. The van der Waals surface area contributed by atoms with Gasteiger partial charge in [0.25, 0.3) is 0 Å². The summed E-state index contributed by atoms with van der Waals surface area (Å²) in [6, 6.07) is 28.2. The van der Waals surface area contributed by atoms with Gasteiger partial charge < -0.3 is 9.67 Å². The van der Waals surface area contributed by atoms with Crippen LogP contribution in [0.2, 0.25) is 0 Å². The van der Waals surface area contributed by atoms with Crippen molar-refractivity contribution in [1.82, 2.24) is 0 Å². The number of ketones is 1. The maximum Gasteiger partial charge on any atom is 0.171 e. The predicted molar refractivity (Wildman–Crippen MR) is 167 cm³/mol. The van der Waals surface area contributed by atoms with Gasteiger partial charge >= 0.3 is 0 Å². The van der Waals surface area contributed by atoms with Gasteiger partial charge in [0.05, 0.1) is 5.60 Å². The van der Waals surface area contributed by atoms with Gasteiger partial charge in [-0.05, 0) is 80.1 Å². The van der Waals surface area contributed by atoms with Crippen LogP contribution in [0.1, 0.15) is 70.3 Å². The maximum absolute atomic E-state index is 15.0. The van der Waals surface area contributed by atoms with Crippen LogP contribution in [-0.4, -0.2) is 16.5 Å². The second kappa shape index (κ2) is 9.79. The first-order valence-corrected chi connectivity index (χ1v) is 16.9. The van der Waals surface area contributed by atoms with Crippen molar-refractivity contribution in [1.29, 1.82) is 0 Å². The minimum absolute atomic E-state index is 0.167. The number of carbonyl (C=O) groups excluding carboxylic acids is 1. The van der Waals surface area contributed by atoms with Crippen LogP contribution in [0.5, 0.6) is 0 Å². The molecule has 4 aliphatic rings. The average Bonchev–Trinajstić information content (AvgIpc) is 3.25. The molecule has 0 amide bonds. The van der Waals surface area contributed by atoms with Crippen LogP contribution < -0.4 is 15.9 Å². The lowest BCUT2D eigenvalue weighted by atomic mass is 9.51. The highest BCUT2D eigenvalue weighted by Gasteiger charge is 2.61. The number of hydrogen-bond donors (Lipinski definition) is 1. The molecule has 0 aromatic heterocycles. The summed E-state index contributed by atoms with van der Waals surface area (Å²) in [6.45, 7) is 4.37. The molecular weight excluding hydrogens is 523 g/mol. The summed E-state index contributed by atoms with van der Waals surface area (Å²) in [4.78, 5) is 12.4. The fraction of sp³-hybridized carbons (Fsp3) is 0.378. The molecular formula is C37H39O3P. The first kappa shape index (κ1) is 26.9. The molecule has 4 heteroatoms. The summed E-state index contributed by atoms with van der Waals surface area (Å²) in [6.07, 6.45) is 8.17. The summed E-state index contributed by atoms with van der Waals surface area (Å²) in [5, 5.41) is 14.2. The first-order chi connectivity index (χ1) is 19.7. The molecule has 0 aliphatic heterocycles. The number of fused-ring (bicyclic) bond motifs is 4. The van der Waals surface area contributed by atoms with Gasteiger partial charge in [-0.1, -0.05) is 97.4 Å². The number of carbonyl (C=O) groups is 1. The number of allylic oxidation sites excluding steroid dienone is 4. The van der Waals surface area contributed by atoms with E-state index in [9.17, 15) is 14.5 Å². The van der Waals surface area contributed by atoms with E-state index in [2.05, 4.69) is 38.1 Å². The van der Waals surface area contributed by atoms with Gasteiger partial charge in [0.15, 0.2) is 12.9 Å². The smallest absolute Gasteiger partial charge is 0.171 e. The van der Waals surface area contributed by atoms with E-state index in [1.165, 1.54) is 22.3 Å². The molecule has 7 rings (SSSR count). The monoisotopic (exact) mass is 562 g/mol. The summed E-state index contributed by atoms with van der Waals surface area (Å²) in [5.74, 6) is 1.34. The van der Waals surface area contributed by atoms with Gasteiger partial charge in [-0.2, -0.15) is 0 Å². The van der Waals surface area contributed by atoms with Gasteiger partial charge in [0.1, 0.15) is 0 Å². The fourth-order valence-electron chi connectivity index (χ4n) is 8.82. The van der Waals surface area contributed by atoms with Crippen molar-refractivity contribution in [3.8, 4) is 0 Å². The topological polar surface area (TPSA) is 54.4 Å². The second-order valence-electron chi connectivity index (χ2n) is 13.2. The second-order valence-corrected chi connectivity index (χ2v) is 15.9. The molecule has 3 aromatic carbocycles. The third-order valence-electron chi connectivity index (χ3n) is 11.2. The Labute approximate surface area is 243 Å². The van der Waals surface area contributed by atoms with E-state index in [4.69, 9.17) is 0 Å². The van der Waals surface area contributed by atoms with Crippen LogP contribution >= 0.6 is 7.14 Å². The van der Waals surface area contributed by atoms with E-state index in [0.29, 0.717) is 18.3 Å². The number of hydrogen-bond acceptors (Lipinski definition) is 3. The molecule has 1 N–H and O–H groups in total. The molecule has 4 aliphatic carbocycles. The van der Waals surface area contributed by atoms with Gasteiger partial charge in [-0.25, -0.2) is 0 Å². The number of benzene rings is 3. The molecule has 3 nitrogen and oxygen atoms in total. The summed E-state index contributed by atoms with van der Waals surface area (Å²) < 4.78 is 15.0. The van der Waals surface area contributed by atoms with Gasteiger partial charge in [-0.3, -0.25) is 4.79 Å². The summed E-state index contributed by atoms with van der Waals surface area (Å²) >= 11 is 0. The highest BCUT2D eigenvalue weighted by atomic mass is 31.2. The minimum atomic E-state index is -3.05. The number of rotatable bonds is 4. The van der Waals surface area contributed by atoms with Crippen molar-refractivity contribution in [2.75, 3.05) is 0 Å². The lowest BCUT2D eigenvalue weighted by Gasteiger charge is -2.54. The van der Waals surface area contributed by atoms with E-state index in [1.54, 1.807) is 0 Å². The Bertz CT molecular complexity index is 1560. The molecule has 0 unspecified atom stereocenters. The van der Waals surface area contributed by atoms with Crippen LogP contribution in [0, 0.1) is 17.3 Å². The molecule has 210 valence electrons. The van der Waals surface area contributed by atoms with Gasteiger partial charge in [-0.15, -0.1) is 0 Å². The Morgan fingerprint density at radius 2 is 1.39 bits per heavy atom. The Balaban J connectivity index is 1.35. The van der Waals surface area contributed by atoms with Crippen LogP contribution in [0.3, 0.4) is 0 Å². The molecule has 0 spiro atoms.